The third-order valence-corrected chi connectivity index (χ3v) is 3.35. The Balaban J connectivity index is 2.18. The van der Waals surface area contributed by atoms with Gasteiger partial charge < -0.3 is 10.6 Å². The van der Waals surface area contributed by atoms with E-state index in [-0.39, 0.29) is 5.91 Å². The molecule has 1 aromatic carbocycles. The van der Waals surface area contributed by atoms with Crippen LogP contribution in [-0.2, 0) is 24.2 Å². The summed E-state index contributed by atoms with van der Waals surface area (Å²) in [4.78, 5) is 13.6. The molecule has 3 heteroatoms. The predicted molar refractivity (Wildman–Crippen MR) is 58.7 cm³/mol. The molecule has 0 radical (unpaired) electrons. The van der Waals surface area contributed by atoms with Gasteiger partial charge in [0.05, 0.1) is 5.69 Å². The Hall–Kier alpha value is -1.35. The molecular weight excluding hydrogens is 188 g/mol. The van der Waals surface area contributed by atoms with Crippen molar-refractivity contribution < 1.29 is 4.79 Å². The van der Waals surface area contributed by atoms with Gasteiger partial charge in [0.25, 0.3) is 0 Å². The lowest BCUT2D eigenvalue weighted by Crippen LogP contribution is -2.32. The van der Waals surface area contributed by atoms with Crippen molar-refractivity contribution in [2.45, 2.75) is 25.8 Å². The molecule has 78 valence electrons. The number of benzene rings is 1. The van der Waals surface area contributed by atoms with Crippen molar-refractivity contribution in [2.24, 2.45) is 5.73 Å². The van der Waals surface area contributed by atoms with E-state index in [9.17, 15) is 4.79 Å². The highest BCUT2D eigenvalue weighted by atomic mass is 16.2. The number of nitrogens with two attached hydrogens (primary N) is 1. The summed E-state index contributed by atoms with van der Waals surface area (Å²) in [5.41, 5.74) is 10.7. The molecule has 2 heterocycles. The van der Waals surface area contributed by atoms with Crippen LogP contribution in [0.3, 0.4) is 0 Å². The number of aryl methyl sites for hydroxylation is 1. The zero-order valence-corrected chi connectivity index (χ0v) is 8.62. The van der Waals surface area contributed by atoms with Crippen molar-refractivity contribution in [3.63, 3.8) is 0 Å². The summed E-state index contributed by atoms with van der Waals surface area (Å²) in [5.74, 6) is 0.279. The van der Waals surface area contributed by atoms with E-state index in [2.05, 4.69) is 12.1 Å². The van der Waals surface area contributed by atoms with Gasteiger partial charge in [-0.1, -0.05) is 12.1 Å². The van der Waals surface area contributed by atoms with Crippen LogP contribution in [0, 0.1) is 0 Å². The number of nitrogens with zero attached hydrogens (tertiary/aromatic N) is 1. The van der Waals surface area contributed by atoms with E-state index in [0.29, 0.717) is 13.0 Å². The topological polar surface area (TPSA) is 46.3 Å². The van der Waals surface area contributed by atoms with Crippen molar-refractivity contribution >= 4 is 11.6 Å². The van der Waals surface area contributed by atoms with Crippen LogP contribution in [0.5, 0.6) is 0 Å². The van der Waals surface area contributed by atoms with Gasteiger partial charge in [-0.3, -0.25) is 4.79 Å². The smallest absolute Gasteiger partial charge is 0.227 e. The number of anilines is 1. The van der Waals surface area contributed by atoms with Gasteiger partial charge in [0, 0.05) is 19.5 Å². The first-order chi connectivity index (χ1) is 7.29. The minimum Gasteiger partial charge on any atom is -0.326 e. The SMILES string of the molecule is NCc1cc2c3c(c1)CCN3C(=O)CC2. The summed E-state index contributed by atoms with van der Waals surface area (Å²) >= 11 is 0. The predicted octanol–water partition coefficient (Wildman–Crippen LogP) is 0.981. The van der Waals surface area contributed by atoms with Crippen LogP contribution in [0.2, 0.25) is 0 Å². The zero-order valence-electron chi connectivity index (χ0n) is 8.62. The van der Waals surface area contributed by atoms with Gasteiger partial charge >= 0.3 is 0 Å². The number of hydrogen-bond acceptors (Lipinski definition) is 2. The van der Waals surface area contributed by atoms with E-state index in [1.54, 1.807) is 0 Å². The largest absolute Gasteiger partial charge is 0.326 e. The van der Waals surface area contributed by atoms with E-state index in [1.807, 2.05) is 4.90 Å². The maximum absolute atomic E-state index is 11.7. The summed E-state index contributed by atoms with van der Waals surface area (Å²) in [7, 11) is 0. The van der Waals surface area contributed by atoms with Crippen molar-refractivity contribution in [3.05, 3.63) is 28.8 Å². The van der Waals surface area contributed by atoms with Crippen LogP contribution in [0.1, 0.15) is 23.1 Å². The molecule has 15 heavy (non-hydrogen) atoms. The van der Waals surface area contributed by atoms with E-state index in [4.69, 9.17) is 5.73 Å². The first-order valence-corrected chi connectivity index (χ1v) is 5.44. The third-order valence-electron chi connectivity index (χ3n) is 3.35. The van der Waals surface area contributed by atoms with E-state index < -0.39 is 0 Å². The monoisotopic (exact) mass is 202 g/mol. The maximum atomic E-state index is 11.7. The first kappa shape index (κ1) is 8.92. The normalized spacial score (nSPS) is 18.2. The molecule has 0 aliphatic carbocycles. The van der Waals surface area contributed by atoms with Gasteiger partial charge in [-0.15, -0.1) is 0 Å². The van der Waals surface area contributed by atoms with Crippen molar-refractivity contribution in [3.8, 4) is 0 Å². The van der Waals surface area contributed by atoms with Crippen molar-refractivity contribution in [1.29, 1.82) is 0 Å². The van der Waals surface area contributed by atoms with Gasteiger partial charge in [-0.05, 0) is 29.5 Å². The number of rotatable bonds is 1. The molecule has 0 atom stereocenters. The Labute approximate surface area is 88.9 Å². The Morgan fingerprint density at radius 1 is 1.20 bits per heavy atom. The second kappa shape index (κ2) is 3.07. The molecule has 2 aliphatic rings. The highest BCUT2D eigenvalue weighted by Crippen LogP contribution is 2.37. The molecule has 3 nitrogen and oxygen atoms in total. The summed E-state index contributed by atoms with van der Waals surface area (Å²) < 4.78 is 0. The Kier molecular flexibility index (Phi) is 1.83. The molecule has 1 aromatic rings. The second-order valence-corrected chi connectivity index (χ2v) is 4.26. The second-order valence-electron chi connectivity index (χ2n) is 4.26. The number of hydrogen-bond donors (Lipinski definition) is 1. The van der Waals surface area contributed by atoms with E-state index >= 15 is 0 Å². The quantitative estimate of drug-likeness (QED) is 0.738. The highest BCUT2D eigenvalue weighted by Gasteiger charge is 2.30. The summed E-state index contributed by atoms with van der Waals surface area (Å²) in [6.07, 6.45) is 2.52. The summed E-state index contributed by atoms with van der Waals surface area (Å²) in [6, 6.07) is 4.31. The number of carbonyl (C=O) groups is 1. The average Bonchev–Trinajstić information content (AvgIpc) is 2.68. The molecule has 1 amide bonds. The summed E-state index contributed by atoms with van der Waals surface area (Å²) in [5, 5.41) is 0. The molecule has 0 fully saturated rings. The molecule has 0 bridgehead atoms. The average molecular weight is 202 g/mol. The van der Waals surface area contributed by atoms with E-state index in [1.165, 1.54) is 22.4 Å². The molecule has 2 aliphatic heterocycles. The Morgan fingerprint density at radius 2 is 1.93 bits per heavy atom. The molecule has 2 N–H and O–H groups in total. The first-order valence-electron chi connectivity index (χ1n) is 5.44. The highest BCUT2D eigenvalue weighted by molar-refractivity contribution is 5.98. The molecule has 0 unspecified atom stereocenters. The lowest BCUT2D eigenvalue weighted by Gasteiger charge is -2.25. The van der Waals surface area contributed by atoms with Gasteiger partial charge in [0.1, 0.15) is 0 Å². The van der Waals surface area contributed by atoms with Crippen LogP contribution in [-0.4, -0.2) is 12.5 Å². The van der Waals surface area contributed by atoms with Gasteiger partial charge in [-0.25, -0.2) is 0 Å². The van der Waals surface area contributed by atoms with Crippen molar-refractivity contribution in [1.82, 2.24) is 0 Å². The third kappa shape index (κ3) is 1.20. The van der Waals surface area contributed by atoms with Gasteiger partial charge in [-0.2, -0.15) is 0 Å². The Bertz CT molecular complexity index is 439. The minimum atomic E-state index is 0.279. The molecule has 0 saturated heterocycles. The lowest BCUT2D eigenvalue weighted by atomic mass is 9.97. The van der Waals surface area contributed by atoms with Crippen LogP contribution in [0.25, 0.3) is 0 Å². The fourth-order valence-electron chi connectivity index (χ4n) is 2.65. The molecule has 3 rings (SSSR count). The van der Waals surface area contributed by atoms with Crippen LogP contribution < -0.4 is 10.6 Å². The van der Waals surface area contributed by atoms with Crippen LogP contribution in [0.4, 0.5) is 5.69 Å². The molecule has 0 spiro atoms. The van der Waals surface area contributed by atoms with Crippen LogP contribution >= 0.6 is 0 Å². The minimum absolute atomic E-state index is 0.279. The van der Waals surface area contributed by atoms with Crippen LogP contribution in [0.15, 0.2) is 12.1 Å². The van der Waals surface area contributed by atoms with Crippen molar-refractivity contribution in [2.75, 3.05) is 11.4 Å². The maximum Gasteiger partial charge on any atom is 0.227 e. The molecule has 0 saturated carbocycles. The van der Waals surface area contributed by atoms with Gasteiger partial charge in [0.2, 0.25) is 5.91 Å². The van der Waals surface area contributed by atoms with E-state index in [0.717, 1.165) is 19.4 Å². The fourth-order valence-corrected chi connectivity index (χ4v) is 2.65. The molecule has 0 aromatic heterocycles. The number of carbonyl (C=O) groups excluding carboxylic acids is 1. The fraction of sp³-hybridized carbons (Fsp3) is 0.417. The standard InChI is InChI=1S/C12H14N2O/c13-7-8-5-9-1-2-11(15)14-4-3-10(6-8)12(9)14/h5-6H,1-4,7,13H2. The molecular formula is C12H14N2O. The number of amides is 1. The Morgan fingerprint density at radius 3 is 2.67 bits per heavy atom. The zero-order chi connectivity index (χ0) is 10.4. The summed E-state index contributed by atoms with van der Waals surface area (Å²) in [6.45, 7) is 1.45. The lowest BCUT2D eigenvalue weighted by molar-refractivity contribution is -0.118. The van der Waals surface area contributed by atoms with Gasteiger partial charge in [0.15, 0.2) is 0 Å².